The maximum absolute atomic E-state index is 11.7. The maximum Gasteiger partial charge on any atom is 0.240 e. The lowest BCUT2D eigenvalue weighted by molar-refractivity contribution is -0.125. The van der Waals surface area contributed by atoms with Gasteiger partial charge in [0, 0.05) is 13.6 Å². The summed E-state index contributed by atoms with van der Waals surface area (Å²) in [6.07, 6.45) is 2.07. The quantitative estimate of drug-likeness (QED) is 0.780. The number of carbonyl (C=O) groups is 1. The van der Waals surface area contributed by atoms with E-state index in [0.717, 1.165) is 12.2 Å². The average molecular weight is 222 g/mol. The average Bonchev–Trinajstić information content (AvgIpc) is 2.56. The van der Waals surface area contributed by atoms with E-state index in [1.807, 2.05) is 7.05 Å². The summed E-state index contributed by atoms with van der Waals surface area (Å²) < 4.78 is 0. The first-order chi connectivity index (χ1) is 7.20. The molecule has 2 heterocycles. The minimum atomic E-state index is 0.117. The van der Waals surface area contributed by atoms with Crippen LogP contribution in [0, 0.1) is 6.92 Å². The minimum Gasteiger partial charge on any atom is -0.313 e. The summed E-state index contributed by atoms with van der Waals surface area (Å²) in [5.74, 6) is 0.117. The van der Waals surface area contributed by atoms with Gasteiger partial charge in [-0.2, -0.15) is 0 Å². The lowest BCUT2D eigenvalue weighted by Gasteiger charge is -2.18. The van der Waals surface area contributed by atoms with E-state index in [0.29, 0.717) is 6.54 Å². The van der Waals surface area contributed by atoms with Crippen LogP contribution in [0.2, 0.25) is 0 Å². The third-order valence-corrected chi connectivity index (χ3v) is 3.59. The molecule has 1 amide bonds. The highest BCUT2D eigenvalue weighted by Crippen LogP contribution is 2.27. The summed E-state index contributed by atoms with van der Waals surface area (Å²) >= 11 is 1.68. The van der Waals surface area contributed by atoms with E-state index in [9.17, 15) is 4.79 Å². The van der Waals surface area contributed by atoms with Crippen LogP contribution >= 0.6 is 11.3 Å². The normalized spacial score (nSPS) is 17.6. The summed E-state index contributed by atoms with van der Waals surface area (Å²) in [4.78, 5) is 14.6. The van der Waals surface area contributed by atoms with Gasteiger partial charge in [-0.1, -0.05) is 0 Å². The Labute approximate surface area is 93.4 Å². The maximum atomic E-state index is 11.7. The number of hydrogen-bond donors (Lipinski definition) is 1. The predicted octanol–water partition coefficient (Wildman–Crippen LogP) is 1.46. The summed E-state index contributed by atoms with van der Waals surface area (Å²) in [6.45, 7) is 3.24. The van der Waals surface area contributed by atoms with Crippen LogP contribution in [0.25, 0.3) is 5.70 Å². The fourth-order valence-electron chi connectivity index (χ4n) is 1.62. The molecular weight excluding hydrogens is 208 g/mol. The number of thiophene rings is 1. The molecule has 1 aliphatic heterocycles. The molecule has 2 rings (SSSR count). The van der Waals surface area contributed by atoms with E-state index in [4.69, 9.17) is 0 Å². The van der Waals surface area contributed by atoms with Crippen molar-refractivity contribution in [3.63, 3.8) is 0 Å². The van der Waals surface area contributed by atoms with Gasteiger partial charge in [-0.15, -0.1) is 11.3 Å². The molecule has 1 N–H and O–H groups in total. The van der Waals surface area contributed by atoms with E-state index in [1.54, 1.807) is 16.2 Å². The number of nitrogens with zero attached hydrogens (tertiary/aromatic N) is 1. The zero-order chi connectivity index (χ0) is 10.8. The van der Waals surface area contributed by atoms with Crippen LogP contribution in [0.1, 0.15) is 10.4 Å². The zero-order valence-electron chi connectivity index (χ0n) is 8.91. The Morgan fingerprint density at radius 3 is 3.00 bits per heavy atom. The van der Waals surface area contributed by atoms with Crippen LogP contribution in [0.4, 0.5) is 0 Å². The molecule has 0 fully saturated rings. The van der Waals surface area contributed by atoms with Gasteiger partial charge in [0.05, 0.1) is 17.1 Å². The number of rotatable bonds is 1. The Morgan fingerprint density at radius 1 is 1.53 bits per heavy atom. The van der Waals surface area contributed by atoms with Gasteiger partial charge in [-0.25, -0.2) is 0 Å². The summed E-state index contributed by atoms with van der Waals surface area (Å²) in [5, 5.41) is 5.13. The predicted molar refractivity (Wildman–Crippen MR) is 62.7 cm³/mol. The van der Waals surface area contributed by atoms with E-state index in [-0.39, 0.29) is 5.91 Å². The molecule has 3 nitrogen and oxygen atoms in total. The molecule has 0 unspecified atom stereocenters. The van der Waals surface area contributed by atoms with Gasteiger partial charge >= 0.3 is 0 Å². The highest BCUT2D eigenvalue weighted by Gasteiger charge is 2.19. The molecular formula is C11H14N2OS. The van der Waals surface area contributed by atoms with Crippen LogP contribution < -0.4 is 5.32 Å². The SMILES string of the molecule is Cc1ccsc1C1=CCNCC(=O)N1C. The third kappa shape index (κ3) is 1.96. The number of hydrogen-bond acceptors (Lipinski definition) is 3. The van der Waals surface area contributed by atoms with Gasteiger partial charge in [0.25, 0.3) is 0 Å². The number of likely N-dealkylation sites (N-methyl/N-ethyl adjacent to an activating group) is 1. The van der Waals surface area contributed by atoms with Gasteiger partial charge in [-0.3, -0.25) is 4.79 Å². The van der Waals surface area contributed by atoms with Gasteiger partial charge in [0.1, 0.15) is 0 Å². The topological polar surface area (TPSA) is 32.3 Å². The van der Waals surface area contributed by atoms with Crippen molar-refractivity contribution in [3.05, 3.63) is 28.0 Å². The van der Waals surface area contributed by atoms with Crippen LogP contribution in [0.3, 0.4) is 0 Å². The molecule has 0 aliphatic carbocycles. The van der Waals surface area contributed by atoms with Crippen molar-refractivity contribution >= 4 is 22.9 Å². The number of nitrogens with one attached hydrogen (secondary N) is 1. The summed E-state index contributed by atoms with van der Waals surface area (Å²) in [6, 6.07) is 2.08. The molecule has 0 spiro atoms. The van der Waals surface area contributed by atoms with Gasteiger partial charge < -0.3 is 10.2 Å². The molecule has 1 aliphatic rings. The molecule has 1 aromatic heterocycles. The van der Waals surface area contributed by atoms with Gasteiger partial charge in [-0.05, 0) is 30.0 Å². The van der Waals surface area contributed by atoms with Crippen molar-refractivity contribution in [1.29, 1.82) is 0 Å². The second-order valence-corrected chi connectivity index (χ2v) is 4.52. The molecule has 15 heavy (non-hydrogen) atoms. The van der Waals surface area contributed by atoms with Crippen molar-refractivity contribution < 1.29 is 4.79 Å². The van der Waals surface area contributed by atoms with Crippen molar-refractivity contribution in [2.24, 2.45) is 0 Å². The molecule has 4 heteroatoms. The van der Waals surface area contributed by atoms with E-state index >= 15 is 0 Å². The molecule has 0 atom stereocenters. The molecule has 80 valence electrons. The first-order valence-corrected chi connectivity index (χ1v) is 5.80. The molecule has 0 saturated carbocycles. The fraction of sp³-hybridized carbons (Fsp3) is 0.364. The second kappa shape index (κ2) is 4.16. The van der Waals surface area contributed by atoms with E-state index < -0.39 is 0 Å². The first-order valence-electron chi connectivity index (χ1n) is 4.92. The monoisotopic (exact) mass is 222 g/mol. The Balaban J connectivity index is 2.38. The van der Waals surface area contributed by atoms with Gasteiger partial charge in [0.2, 0.25) is 5.91 Å². The number of carbonyl (C=O) groups excluding carboxylic acids is 1. The smallest absolute Gasteiger partial charge is 0.240 e. The van der Waals surface area contributed by atoms with Crippen molar-refractivity contribution in [2.75, 3.05) is 20.1 Å². The molecule has 0 saturated heterocycles. The van der Waals surface area contributed by atoms with Crippen molar-refractivity contribution in [3.8, 4) is 0 Å². The Kier molecular flexibility index (Phi) is 2.88. The van der Waals surface area contributed by atoms with Crippen molar-refractivity contribution in [2.45, 2.75) is 6.92 Å². The van der Waals surface area contributed by atoms with Crippen LogP contribution in [0.5, 0.6) is 0 Å². The standard InChI is InChI=1S/C11H14N2OS/c1-8-4-6-15-11(8)9-3-5-12-7-10(14)13(9)2/h3-4,6,12H,5,7H2,1-2H3. The van der Waals surface area contributed by atoms with Gasteiger partial charge in [0.15, 0.2) is 0 Å². The molecule has 0 radical (unpaired) electrons. The minimum absolute atomic E-state index is 0.117. The van der Waals surface area contributed by atoms with Crippen LogP contribution in [-0.2, 0) is 4.79 Å². The number of amides is 1. The Morgan fingerprint density at radius 2 is 2.33 bits per heavy atom. The first kappa shape index (κ1) is 10.4. The van der Waals surface area contributed by atoms with Crippen molar-refractivity contribution in [1.82, 2.24) is 10.2 Å². The largest absolute Gasteiger partial charge is 0.313 e. The molecule has 0 bridgehead atoms. The third-order valence-electron chi connectivity index (χ3n) is 2.55. The summed E-state index contributed by atoms with van der Waals surface area (Å²) in [5.41, 5.74) is 2.25. The second-order valence-electron chi connectivity index (χ2n) is 3.61. The van der Waals surface area contributed by atoms with Crippen LogP contribution in [0.15, 0.2) is 17.5 Å². The number of aryl methyl sites for hydroxylation is 1. The fourth-order valence-corrected chi connectivity index (χ4v) is 2.62. The van der Waals surface area contributed by atoms with Crippen LogP contribution in [-0.4, -0.2) is 30.9 Å². The zero-order valence-corrected chi connectivity index (χ0v) is 9.73. The highest BCUT2D eigenvalue weighted by molar-refractivity contribution is 7.11. The molecule has 1 aromatic rings. The Bertz CT molecular complexity index is 408. The molecule has 0 aromatic carbocycles. The lowest BCUT2D eigenvalue weighted by Crippen LogP contribution is -2.31. The lowest BCUT2D eigenvalue weighted by atomic mass is 10.2. The highest BCUT2D eigenvalue weighted by atomic mass is 32.1. The van der Waals surface area contributed by atoms with E-state index in [2.05, 4.69) is 29.8 Å². The Hall–Kier alpha value is -1.13. The summed E-state index contributed by atoms with van der Waals surface area (Å²) in [7, 11) is 1.83. The van der Waals surface area contributed by atoms with E-state index in [1.165, 1.54) is 10.4 Å².